The largest absolute Gasteiger partial charge is 0.480 e. The minimum Gasteiger partial charge on any atom is -0.480 e. The van der Waals surface area contributed by atoms with E-state index in [1.54, 1.807) is 0 Å². The van der Waals surface area contributed by atoms with Crippen molar-refractivity contribution in [3.8, 4) is 11.1 Å². The van der Waals surface area contributed by atoms with Gasteiger partial charge >= 0.3 is 12.1 Å². The van der Waals surface area contributed by atoms with Crippen molar-refractivity contribution in [1.82, 2.24) is 5.32 Å². The molecule has 0 aromatic heterocycles. The molecule has 0 unspecified atom stereocenters. The Bertz CT molecular complexity index is 936. The maximum Gasteiger partial charge on any atom is 0.407 e. The Kier molecular flexibility index (Phi) is 6.94. The molecule has 0 saturated heterocycles. The minimum absolute atomic E-state index is 0.0651. The number of hydrogen-bond acceptors (Lipinski definition) is 3. The van der Waals surface area contributed by atoms with Gasteiger partial charge < -0.3 is 19.6 Å². The van der Waals surface area contributed by atoms with Gasteiger partial charge in [-0.2, -0.15) is 0 Å². The van der Waals surface area contributed by atoms with Crippen LogP contribution in [-0.4, -0.2) is 62.0 Å². The summed E-state index contributed by atoms with van der Waals surface area (Å²) in [6.45, 7) is 4.73. The molecule has 2 aromatic carbocycles. The van der Waals surface area contributed by atoms with Gasteiger partial charge in [-0.1, -0.05) is 68.8 Å². The normalized spacial score (nSPS) is 15.9. The number of fused-ring (bicyclic) bond motifs is 3. The third-order valence-corrected chi connectivity index (χ3v) is 6.21. The molecule has 3 rings (SSSR count). The predicted molar refractivity (Wildman–Crippen MR) is 126 cm³/mol. The highest BCUT2D eigenvalue weighted by molar-refractivity contribution is 5.81. The molecule has 0 spiro atoms. The van der Waals surface area contributed by atoms with Gasteiger partial charge in [-0.3, -0.25) is 0 Å². The number of quaternary nitrogens is 1. The number of rotatable bonds is 9. The number of carbonyl (C=O) groups excluding carboxylic acids is 1. The number of carboxylic acid groups (broad SMARTS) is 1. The van der Waals surface area contributed by atoms with Crippen LogP contribution in [0.4, 0.5) is 4.79 Å². The van der Waals surface area contributed by atoms with Crippen LogP contribution in [0.2, 0.25) is 0 Å². The first kappa shape index (κ1) is 23.8. The third kappa shape index (κ3) is 5.13. The van der Waals surface area contributed by atoms with Gasteiger partial charge in [-0.15, -0.1) is 0 Å². The lowest BCUT2D eigenvalue weighted by atomic mass is 9.77. The summed E-state index contributed by atoms with van der Waals surface area (Å²) < 4.78 is 6.21. The molecule has 2 aromatic rings. The first-order chi connectivity index (χ1) is 15.1. The molecule has 2 N–H and O–H groups in total. The molecule has 1 aliphatic rings. The molecule has 6 nitrogen and oxygen atoms in total. The van der Waals surface area contributed by atoms with Gasteiger partial charge in [0, 0.05) is 11.3 Å². The molecule has 1 amide bonds. The van der Waals surface area contributed by atoms with Crippen molar-refractivity contribution < 1.29 is 23.9 Å². The maximum absolute atomic E-state index is 12.8. The third-order valence-electron chi connectivity index (χ3n) is 6.21. The summed E-state index contributed by atoms with van der Waals surface area (Å²) in [5.41, 5.74) is 3.94. The zero-order chi connectivity index (χ0) is 23.5. The van der Waals surface area contributed by atoms with E-state index in [4.69, 9.17) is 4.74 Å². The Morgan fingerprint density at radius 3 is 2.06 bits per heavy atom. The molecule has 32 heavy (non-hydrogen) atoms. The van der Waals surface area contributed by atoms with Crippen LogP contribution < -0.4 is 5.32 Å². The number of amides is 1. The van der Waals surface area contributed by atoms with E-state index in [1.807, 2.05) is 59.3 Å². The quantitative estimate of drug-likeness (QED) is 0.565. The Morgan fingerprint density at radius 1 is 1.06 bits per heavy atom. The van der Waals surface area contributed by atoms with Crippen molar-refractivity contribution in [3.63, 3.8) is 0 Å². The summed E-state index contributed by atoms with van der Waals surface area (Å²) in [5.74, 6) is -1.10. The molecule has 0 fully saturated rings. The van der Waals surface area contributed by atoms with Crippen LogP contribution in [0.15, 0.2) is 48.5 Å². The van der Waals surface area contributed by atoms with Crippen LogP contribution in [0, 0.1) is 5.41 Å². The van der Waals surface area contributed by atoms with E-state index in [0.717, 1.165) is 28.7 Å². The van der Waals surface area contributed by atoms with Gasteiger partial charge in [0.05, 0.1) is 27.7 Å². The Hall–Kier alpha value is -2.86. The van der Waals surface area contributed by atoms with Crippen LogP contribution in [-0.2, 0) is 9.53 Å². The van der Waals surface area contributed by atoms with E-state index in [2.05, 4.69) is 29.6 Å². The van der Waals surface area contributed by atoms with Gasteiger partial charge in [0.2, 0.25) is 0 Å². The highest BCUT2D eigenvalue weighted by Crippen LogP contribution is 2.44. The zero-order valence-corrected chi connectivity index (χ0v) is 19.7. The highest BCUT2D eigenvalue weighted by Gasteiger charge is 2.44. The van der Waals surface area contributed by atoms with Crippen molar-refractivity contribution in [2.45, 2.75) is 38.6 Å². The van der Waals surface area contributed by atoms with Crippen molar-refractivity contribution in [3.05, 3.63) is 59.7 Å². The summed E-state index contributed by atoms with van der Waals surface area (Å²) >= 11 is 0. The zero-order valence-electron chi connectivity index (χ0n) is 19.7. The summed E-state index contributed by atoms with van der Waals surface area (Å²) in [7, 11) is 6.08. The van der Waals surface area contributed by atoms with Gasteiger partial charge in [-0.25, -0.2) is 9.59 Å². The summed E-state index contributed by atoms with van der Waals surface area (Å²) in [6.07, 6.45) is 0.818. The van der Waals surface area contributed by atoms with Gasteiger partial charge in [0.25, 0.3) is 0 Å². The first-order valence-corrected chi connectivity index (χ1v) is 11.2. The van der Waals surface area contributed by atoms with Crippen LogP contribution >= 0.6 is 0 Å². The molecule has 1 aliphatic carbocycles. The fourth-order valence-electron chi connectivity index (χ4n) is 5.26. The fraction of sp³-hybridized carbons (Fsp3) is 0.462. The van der Waals surface area contributed by atoms with Crippen LogP contribution in [0.5, 0.6) is 0 Å². The Balaban J connectivity index is 1.75. The molecule has 6 heteroatoms. The molecule has 0 heterocycles. The Morgan fingerprint density at radius 2 is 1.59 bits per heavy atom. The van der Waals surface area contributed by atoms with Gasteiger partial charge in [-0.05, 0) is 28.7 Å². The van der Waals surface area contributed by atoms with E-state index in [1.165, 1.54) is 0 Å². The van der Waals surface area contributed by atoms with E-state index in [9.17, 15) is 14.7 Å². The van der Waals surface area contributed by atoms with Crippen molar-refractivity contribution >= 4 is 12.1 Å². The second-order valence-electron chi connectivity index (χ2n) is 10.1. The molecule has 0 radical (unpaired) electrons. The standard InChI is InChI=1S/C26H34N2O4/c1-6-15-26(2,17-28(3,4)5)23(24(29)30)27-25(31)32-16-22-20-13-9-7-11-18(20)19-12-8-10-14-21(19)22/h7-14,22-23H,6,15-17H2,1-5H3,(H-,27,29,30,31)/p+1/t23-,26+/m1/s1. The molecule has 0 saturated carbocycles. The van der Waals surface area contributed by atoms with Crippen molar-refractivity contribution in [1.29, 1.82) is 0 Å². The lowest BCUT2D eigenvalue weighted by Gasteiger charge is -2.40. The number of aliphatic carboxylic acids is 1. The number of carbonyl (C=O) groups is 2. The van der Waals surface area contributed by atoms with Crippen molar-refractivity contribution in [2.24, 2.45) is 5.41 Å². The molecule has 0 aliphatic heterocycles. The number of nitrogens with one attached hydrogen (secondary N) is 1. The van der Waals surface area contributed by atoms with Crippen LogP contribution in [0.1, 0.15) is 43.7 Å². The van der Waals surface area contributed by atoms with Gasteiger partial charge in [0.1, 0.15) is 12.6 Å². The number of alkyl carbamates (subject to hydrolysis) is 1. The van der Waals surface area contributed by atoms with E-state index in [0.29, 0.717) is 17.4 Å². The molecular formula is C26H35N2O4+. The average molecular weight is 440 g/mol. The van der Waals surface area contributed by atoms with Crippen LogP contribution in [0.3, 0.4) is 0 Å². The lowest BCUT2D eigenvalue weighted by Crippen LogP contribution is -2.58. The number of benzene rings is 2. The number of carboxylic acids is 1. The summed E-state index contributed by atoms with van der Waals surface area (Å²) in [5, 5.41) is 12.6. The second-order valence-corrected chi connectivity index (χ2v) is 10.1. The second kappa shape index (κ2) is 9.33. The van der Waals surface area contributed by atoms with Gasteiger partial charge in [0.15, 0.2) is 0 Å². The molecular weight excluding hydrogens is 404 g/mol. The van der Waals surface area contributed by atoms with E-state index < -0.39 is 23.5 Å². The topological polar surface area (TPSA) is 75.6 Å². The number of nitrogens with zero attached hydrogens (tertiary/aromatic N) is 1. The first-order valence-electron chi connectivity index (χ1n) is 11.2. The maximum atomic E-state index is 12.8. The average Bonchev–Trinajstić information content (AvgIpc) is 3.03. The highest BCUT2D eigenvalue weighted by atomic mass is 16.5. The Labute approximate surface area is 190 Å². The predicted octanol–water partition coefficient (Wildman–Crippen LogP) is 4.49. The lowest BCUT2D eigenvalue weighted by molar-refractivity contribution is -0.877. The van der Waals surface area contributed by atoms with Crippen molar-refractivity contribution in [2.75, 3.05) is 34.3 Å². The van der Waals surface area contributed by atoms with E-state index in [-0.39, 0.29) is 12.5 Å². The SMILES string of the molecule is CCC[C@@](C)(C[N+](C)(C)C)[C@H](NC(=O)OCC1c2ccccc2-c2ccccc21)C(=O)O. The van der Waals surface area contributed by atoms with Crippen LogP contribution in [0.25, 0.3) is 11.1 Å². The number of ether oxygens (including phenoxy) is 1. The summed E-state index contributed by atoms with van der Waals surface area (Å²) in [6, 6.07) is 15.2. The van der Waals surface area contributed by atoms with E-state index >= 15 is 0 Å². The number of hydrogen-bond donors (Lipinski definition) is 2. The fourth-order valence-corrected chi connectivity index (χ4v) is 5.26. The molecule has 2 atom stereocenters. The molecule has 0 bridgehead atoms. The monoisotopic (exact) mass is 439 g/mol. The minimum atomic E-state index is -1.04. The smallest absolute Gasteiger partial charge is 0.407 e. The molecule has 172 valence electrons. The summed E-state index contributed by atoms with van der Waals surface area (Å²) in [4.78, 5) is 24.9.